The lowest BCUT2D eigenvalue weighted by atomic mass is 10.6. The highest BCUT2D eigenvalue weighted by atomic mass is 32.1. The van der Waals surface area contributed by atoms with Crippen LogP contribution in [-0.4, -0.2) is 24.2 Å². The molecule has 0 aliphatic carbocycles. The van der Waals surface area contributed by atoms with Crippen LogP contribution in [0.15, 0.2) is 0 Å². The summed E-state index contributed by atoms with van der Waals surface area (Å²) in [7, 11) is 0. The summed E-state index contributed by atoms with van der Waals surface area (Å²) in [5.41, 5.74) is 0. The molecule has 4 nitrogen and oxygen atoms in total. The van der Waals surface area contributed by atoms with E-state index in [1.54, 1.807) is 0 Å². The van der Waals surface area contributed by atoms with Crippen molar-refractivity contribution in [2.75, 3.05) is 13.1 Å². The van der Waals surface area contributed by atoms with Crippen LogP contribution in [0, 0.1) is 5.41 Å². The molecule has 0 bridgehead atoms. The Kier molecular flexibility index (Phi) is 4.74. The molecule has 0 aromatic carbocycles. The van der Waals surface area contributed by atoms with Crippen molar-refractivity contribution in [2.45, 2.75) is 6.92 Å². The van der Waals surface area contributed by atoms with E-state index in [2.05, 4.69) is 23.3 Å². The minimum Gasteiger partial charge on any atom is -0.338 e. The highest BCUT2D eigenvalue weighted by Gasteiger charge is 1.95. The van der Waals surface area contributed by atoms with Crippen molar-refractivity contribution in [3.63, 3.8) is 0 Å². The Hall–Kier alpha value is -0.710. The lowest BCUT2D eigenvalue weighted by Crippen LogP contribution is -2.37. The lowest BCUT2D eigenvalue weighted by molar-refractivity contribution is 0.243. The number of thiol groups is 1. The van der Waals surface area contributed by atoms with Gasteiger partial charge in [0.05, 0.1) is 11.6 Å². The molecular formula is C5H11N3OS. The highest BCUT2D eigenvalue weighted by Crippen LogP contribution is 1.74. The molecule has 2 amide bonds. The third-order valence-electron chi connectivity index (χ3n) is 0.754. The van der Waals surface area contributed by atoms with E-state index in [0.717, 1.165) is 0 Å². The number of amides is 2. The normalized spacial score (nSPS) is 8.60. The standard InChI is InChI=1S/C5H11N3OS/c1-2-7-5(9)8-3-4(6)10/h2-3H2,1H3,(H2,6,10)(H2,7,8,9). The summed E-state index contributed by atoms with van der Waals surface area (Å²) in [5.74, 6) is 0. The first-order chi connectivity index (χ1) is 4.66. The van der Waals surface area contributed by atoms with Crippen LogP contribution in [-0.2, 0) is 0 Å². The van der Waals surface area contributed by atoms with Crippen LogP contribution in [0.4, 0.5) is 4.79 Å². The van der Waals surface area contributed by atoms with E-state index in [4.69, 9.17) is 5.41 Å². The predicted molar refractivity (Wildman–Crippen MR) is 43.8 cm³/mol. The topological polar surface area (TPSA) is 65.0 Å². The molecule has 0 fully saturated rings. The molecule has 58 valence electrons. The quantitative estimate of drug-likeness (QED) is 0.267. The summed E-state index contributed by atoms with van der Waals surface area (Å²) in [6.07, 6.45) is 0. The van der Waals surface area contributed by atoms with Crippen molar-refractivity contribution in [1.29, 1.82) is 5.41 Å². The average Bonchev–Trinajstić information content (AvgIpc) is 1.85. The van der Waals surface area contributed by atoms with E-state index in [1.807, 2.05) is 6.92 Å². The second kappa shape index (κ2) is 5.10. The van der Waals surface area contributed by atoms with Gasteiger partial charge in [0.25, 0.3) is 0 Å². The number of hydrogen-bond acceptors (Lipinski definition) is 2. The Balaban J connectivity index is 3.30. The molecule has 0 unspecified atom stereocenters. The van der Waals surface area contributed by atoms with E-state index in [0.29, 0.717) is 6.54 Å². The minimum absolute atomic E-state index is 0.145. The van der Waals surface area contributed by atoms with Crippen LogP contribution in [0.5, 0.6) is 0 Å². The van der Waals surface area contributed by atoms with Crippen LogP contribution in [0.3, 0.4) is 0 Å². The zero-order valence-electron chi connectivity index (χ0n) is 5.77. The van der Waals surface area contributed by atoms with Gasteiger partial charge in [0.15, 0.2) is 0 Å². The third-order valence-corrected chi connectivity index (χ3v) is 0.912. The van der Waals surface area contributed by atoms with Gasteiger partial charge in [0.2, 0.25) is 0 Å². The first-order valence-corrected chi connectivity index (χ1v) is 3.39. The van der Waals surface area contributed by atoms with Crippen LogP contribution in [0.1, 0.15) is 6.92 Å². The molecular weight excluding hydrogens is 150 g/mol. The molecule has 0 aliphatic rings. The Labute approximate surface area is 65.3 Å². The SMILES string of the molecule is CCNC(=O)NCC(=N)S. The fourth-order valence-corrected chi connectivity index (χ4v) is 0.466. The van der Waals surface area contributed by atoms with Crippen LogP contribution in [0.25, 0.3) is 0 Å². The molecule has 0 atom stereocenters. The van der Waals surface area contributed by atoms with Gasteiger partial charge in [-0.2, -0.15) is 0 Å². The molecule has 0 aromatic rings. The summed E-state index contributed by atoms with van der Waals surface area (Å²) < 4.78 is 0. The Bertz CT molecular complexity index is 137. The van der Waals surface area contributed by atoms with Crippen molar-refractivity contribution in [3.05, 3.63) is 0 Å². The van der Waals surface area contributed by atoms with Crippen LogP contribution in [0.2, 0.25) is 0 Å². The predicted octanol–water partition coefficient (Wildman–Crippen LogP) is 0.213. The maximum absolute atomic E-state index is 10.6. The fourth-order valence-electron chi connectivity index (χ4n) is 0.387. The number of carbonyl (C=O) groups is 1. The molecule has 5 heteroatoms. The van der Waals surface area contributed by atoms with Gasteiger partial charge in [0.1, 0.15) is 0 Å². The Morgan fingerprint density at radius 2 is 2.20 bits per heavy atom. The molecule has 3 N–H and O–H groups in total. The third kappa shape index (κ3) is 5.43. The molecule has 0 saturated carbocycles. The zero-order chi connectivity index (χ0) is 7.98. The second-order valence-electron chi connectivity index (χ2n) is 1.66. The molecule has 0 heterocycles. The van der Waals surface area contributed by atoms with Gasteiger partial charge in [-0.15, -0.1) is 12.6 Å². The molecule has 0 spiro atoms. The largest absolute Gasteiger partial charge is 0.338 e. The highest BCUT2D eigenvalue weighted by molar-refractivity contribution is 7.96. The molecule has 0 aromatic heterocycles. The number of nitrogens with one attached hydrogen (secondary N) is 3. The van der Waals surface area contributed by atoms with Crippen molar-refractivity contribution in [2.24, 2.45) is 0 Å². The number of urea groups is 1. The van der Waals surface area contributed by atoms with Gasteiger partial charge in [0, 0.05) is 6.54 Å². The minimum atomic E-state index is -0.263. The second-order valence-corrected chi connectivity index (χ2v) is 2.20. The van der Waals surface area contributed by atoms with Crippen LogP contribution >= 0.6 is 12.6 Å². The first-order valence-electron chi connectivity index (χ1n) is 2.95. The lowest BCUT2D eigenvalue weighted by Gasteiger charge is -2.02. The van der Waals surface area contributed by atoms with E-state index < -0.39 is 0 Å². The maximum atomic E-state index is 10.6. The van der Waals surface area contributed by atoms with Crippen molar-refractivity contribution >= 4 is 23.7 Å². The average molecular weight is 161 g/mol. The zero-order valence-corrected chi connectivity index (χ0v) is 6.66. The van der Waals surface area contributed by atoms with E-state index in [9.17, 15) is 4.79 Å². The molecule has 0 rings (SSSR count). The van der Waals surface area contributed by atoms with Gasteiger partial charge in [-0.05, 0) is 6.92 Å². The van der Waals surface area contributed by atoms with E-state index in [-0.39, 0.29) is 17.6 Å². The van der Waals surface area contributed by atoms with Gasteiger partial charge in [-0.1, -0.05) is 0 Å². The van der Waals surface area contributed by atoms with Crippen molar-refractivity contribution in [1.82, 2.24) is 10.6 Å². The van der Waals surface area contributed by atoms with E-state index >= 15 is 0 Å². The fraction of sp³-hybridized carbons (Fsp3) is 0.600. The number of rotatable bonds is 3. The number of hydrogen-bond donors (Lipinski definition) is 4. The van der Waals surface area contributed by atoms with Gasteiger partial charge < -0.3 is 10.6 Å². The number of carbonyl (C=O) groups excluding carboxylic acids is 1. The summed E-state index contributed by atoms with van der Waals surface area (Å²) in [4.78, 5) is 10.6. The molecule has 0 radical (unpaired) electrons. The smallest absolute Gasteiger partial charge is 0.315 e. The van der Waals surface area contributed by atoms with E-state index in [1.165, 1.54) is 0 Å². The van der Waals surface area contributed by atoms with Gasteiger partial charge in [-0.25, -0.2) is 4.79 Å². The molecule has 0 aliphatic heterocycles. The van der Waals surface area contributed by atoms with Crippen molar-refractivity contribution < 1.29 is 4.79 Å². The monoisotopic (exact) mass is 161 g/mol. The summed E-state index contributed by atoms with van der Waals surface area (Å²) >= 11 is 3.68. The van der Waals surface area contributed by atoms with Gasteiger partial charge in [-0.3, -0.25) is 5.41 Å². The van der Waals surface area contributed by atoms with Gasteiger partial charge >= 0.3 is 6.03 Å². The van der Waals surface area contributed by atoms with Crippen molar-refractivity contribution in [3.8, 4) is 0 Å². The Morgan fingerprint density at radius 1 is 1.60 bits per heavy atom. The molecule has 10 heavy (non-hydrogen) atoms. The summed E-state index contributed by atoms with van der Waals surface area (Å²) in [6, 6.07) is -0.263. The summed E-state index contributed by atoms with van der Waals surface area (Å²) in [6.45, 7) is 2.60. The van der Waals surface area contributed by atoms with Crippen LogP contribution < -0.4 is 10.6 Å². The molecule has 0 saturated heterocycles. The first kappa shape index (κ1) is 9.29. The Morgan fingerprint density at radius 3 is 2.60 bits per heavy atom. The summed E-state index contributed by atoms with van der Waals surface area (Å²) in [5, 5.41) is 11.9. The maximum Gasteiger partial charge on any atom is 0.315 e.